The van der Waals surface area contributed by atoms with Crippen LogP contribution in [0, 0.1) is 0 Å². The fourth-order valence-corrected chi connectivity index (χ4v) is 0.322. The molecule has 0 unspecified atom stereocenters. The SMILES string of the molecule is C=CCNC(=S)[S-]. The van der Waals surface area contributed by atoms with E-state index < -0.39 is 0 Å². The molecule has 0 aliphatic heterocycles. The lowest BCUT2D eigenvalue weighted by molar-refractivity contribution is 1.08. The maximum Gasteiger partial charge on any atom is 0.0313 e. The van der Waals surface area contributed by atoms with Crippen molar-refractivity contribution in [3.63, 3.8) is 0 Å². The summed E-state index contributed by atoms with van der Waals surface area (Å²) in [5, 5.41) is 2.72. The fraction of sp³-hybridized carbons (Fsp3) is 0.250. The van der Waals surface area contributed by atoms with Gasteiger partial charge in [0.05, 0.1) is 0 Å². The second-order valence-corrected chi connectivity index (χ2v) is 2.03. The first-order valence-corrected chi connectivity index (χ1v) is 2.64. The number of hydrogen-bond donors (Lipinski definition) is 1. The van der Waals surface area contributed by atoms with E-state index in [1.807, 2.05) is 0 Å². The van der Waals surface area contributed by atoms with Crippen LogP contribution < -0.4 is 5.32 Å². The highest BCUT2D eigenvalue weighted by Gasteiger charge is 1.66. The van der Waals surface area contributed by atoms with Gasteiger partial charge in [-0.25, -0.2) is 0 Å². The normalized spacial score (nSPS) is 7.43. The number of thiocarbonyl (C=S) groups is 1. The molecule has 0 saturated heterocycles. The largest absolute Gasteiger partial charge is 0.412 e. The molecule has 0 aromatic rings. The van der Waals surface area contributed by atoms with Crippen LogP contribution in [0.25, 0.3) is 0 Å². The fourth-order valence-electron chi connectivity index (χ4n) is 0.156. The summed E-state index contributed by atoms with van der Waals surface area (Å²) in [5.74, 6) is 0. The van der Waals surface area contributed by atoms with Crippen LogP contribution in [0.4, 0.5) is 0 Å². The molecule has 0 radical (unpaired) electrons. The van der Waals surface area contributed by atoms with Crippen LogP contribution in [0.5, 0.6) is 0 Å². The molecule has 0 aromatic heterocycles. The highest BCUT2D eigenvalue weighted by Crippen LogP contribution is 1.63. The molecule has 0 atom stereocenters. The average Bonchev–Trinajstić information content (AvgIpc) is 1.61. The lowest BCUT2D eigenvalue weighted by Gasteiger charge is -2.03. The van der Waals surface area contributed by atoms with Crippen LogP contribution in [0.15, 0.2) is 12.7 Å². The van der Waals surface area contributed by atoms with Crippen LogP contribution >= 0.6 is 12.2 Å². The van der Waals surface area contributed by atoms with E-state index in [1.165, 1.54) is 0 Å². The number of rotatable bonds is 2. The summed E-state index contributed by atoms with van der Waals surface area (Å²) < 4.78 is 0.403. The molecule has 0 aliphatic carbocycles. The van der Waals surface area contributed by atoms with Crippen molar-refractivity contribution in [2.24, 2.45) is 0 Å². The topological polar surface area (TPSA) is 12.0 Å². The minimum atomic E-state index is 0.403. The van der Waals surface area contributed by atoms with Gasteiger partial charge in [0.25, 0.3) is 0 Å². The van der Waals surface area contributed by atoms with Crippen molar-refractivity contribution >= 4 is 29.2 Å². The summed E-state index contributed by atoms with van der Waals surface area (Å²) in [5.41, 5.74) is 0. The summed E-state index contributed by atoms with van der Waals surface area (Å²) in [6.45, 7) is 4.13. The molecule has 1 nitrogen and oxygen atoms in total. The van der Waals surface area contributed by atoms with E-state index in [1.54, 1.807) is 6.08 Å². The second-order valence-electron chi connectivity index (χ2n) is 0.957. The van der Waals surface area contributed by atoms with Crippen molar-refractivity contribution in [3.8, 4) is 0 Å². The smallest absolute Gasteiger partial charge is 0.0313 e. The number of hydrogen-bond acceptors (Lipinski definition) is 2. The van der Waals surface area contributed by atoms with Crippen molar-refractivity contribution in [1.82, 2.24) is 5.32 Å². The van der Waals surface area contributed by atoms with Gasteiger partial charge < -0.3 is 30.2 Å². The van der Waals surface area contributed by atoms with Gasteiger partial charge in [-0.05, 0) is 0 Å². The van der Waals surface area contributed by atoms with Crippen LogP contribution in [0.2, 0.25) is 0 Å². The first-order chi connectivity index (χ1) is 3.27. The van der Waals surface area contributed by atoms with Crippen LogP contribution in [-0.2, 0) is 12.6 Å². The predicted octanol–water partition coefficient (Wildman–Crippen LogP) is 0.594. The van der Waals surface area contributed by atoms with Gasteiger partial charge in [-0.1, -0.05) is 10.4 Å². The Balaban J connectivity index is 2.97. The molecule has 0 aromatic carbocycles. The Kier molecular flexibility index (Phi) is 3.93. The first-order valence-electron chi connectivity index (χ1n) is 1.83. The molecule has 0 fully saturated rings. The highest BCUT2D eigenvalue weighted by atomic mass is 32.1. The third-order valence-corrected chi connectivity index (χ3v) is 0.679. The van der Waals surface area contributed by atoms with Crippen molar-refractivity contribution in [1.29, 1.82) is 0 Å². The Morgan fingerprint density at radius 3 is 2.71 bits per heavy atom. The predicted molar refractivity (Wildman–Crippen MR) is 38.2 cm³/mol. The second kappa shape index (κ2) is 4.02. The molecule has 0 amide bonds. The molecule has 0 spiro atoms. The lowest BCUT2D eigenvalue weighted by Crippen LogP contribution is -2.17. The van der Waals surface area contributed by atoms with E-state index in [9.17, 15) is 0 Å². The first kappa shape index (κ1) is 6.85. The standard InChI is InChI=1S/C4H7NS2/c1-2-3-5-4(6)7/h2H,1,3H2,(H2,5,6,7)/p-1. The van der Waals surface area contributed by atoms with Gasteiger partial charge in [0.1, 0.15) is 0 Å². The Labute approximate surface area is 54.2 Å². The Hall–Kier alpha value is -0.150. The van der Waals surface area contributed by atoms with Gasteiger partial charge >= 0.3 is 0 Å². The monoisotopic (exact) mass is 132 g/mol. The molecular weight excluding hydrogens is 126 g/mol. The molecule has 0 aliphatic rings. The van der Waals surface area contributed by atoms with Crippen LogP contribution in [0.1, 0.15) is 0 Å². The molecule has 1 N–H and O–H groups in total. The molecule has 0 rings (SSSR count). The van der Waals surface area contributed by atoms with Crippen LogP contribution in [-0.4, -0.2) is 10.9 Å². The van der Waals surface area contributed by atoms with E-state index >= 15 is 0 Å². The van der Waals surface area contributed by atoms with Crippen molar-refractivity contribution in [2.45, 2.75) is 0 Å². The molecule has 40 valence electrons. The van der Waals surface area contributed by atoms with Gasteiger partial charge in [-0.15, -0.1) is 6.58 Å². The summed E-state index contributed by atoms with van der Waals surface area (Å²) in [7, 11) is 0. The minimum absolute atomic E-state index is 0.403. The van der Waals surface area contributed by atoms with Crippen molar-refractivity contribution in [3.05, 3.63) is 12.7 Å². The molecule has 0 heterocycles. The van der Waals surface area contributed by atoms with E-state index in [0.717, 1.165) is 0 Å². The molecule has 7 heavy (non-hydrogen) atoms. The zero-order valence-corrected chi connectivity index (χ0v) is 5.44. The van der Waals surface area contributed by atoms with Gasteiger partial charge in [-0.2, -0.15) is 0 Å². The van der Waals surface area contributed by atoms with E-state index in [2.05, 4.69) is 36.7 Å². The quantitative estimate of drug-likeness (QED) is 0.335. The maximum atomic E-state index is 4.52. The minimum Gasteiger partial charge on any atom is -0.412 e. The van der Waals surface area contributed by atoms with Gasteiger partial charge in [-0.3, -0.25) is 0 Å². The Bertz CT molecular complexity index is 79.8. The third kappa shape index (κ3) is 5.85. The van der Waals surface area contributed by atoms with Crippen molar-refractivity contribution in [2.75, 3.05) is 6.54 Å². The van der Waals surface area contributed by atoms with Crippen LogP contribution in [0.3, 0.4) is 0 Å². The summed E-state index contributed by atoms with van der Waals surface area (Å²) in [4.78, 5) is 0. The third-order valence-electron chi connectivity index (χ3n) is 0.391. The van der Waals surface area contributed by atoms with Gasteiger partial charge in [0.2, 0.25) is 0 Å². The van der Waals surface area contributed by atoms with E-state index in [4.69, 9.17) is 0 Å². The van der Waals surface area contributed by atoms with Gasteiger partial charge in [0.15, 0.2) is 0 Å². The zero-order chi connectivity index (χ0) is 5.70. The van der Waals surface area contributed by atoms with Crippen molar-refractivity contribution < 1.29 is 0 Å². The maximum absolute atomic E-state index is 4.52. The lowest BCUT2D eigenvalue weighted by atomic mass is 10.6. The average molecular weight is 132 g/mol. The van der Waals surface area contributed by atoms with Gasteiger partial charge in [0, 0.05) is 6.54 Å². The summed E-state index contributed by atoms with van der Waals surface area (Å²) in [6, 6.07) is 0. The molecular formula is C4H6NS2-. The molecule has 0 bridgehead atoms. The van der Waals surface area contributed by atoms with E-state index in [-0.39, 0.29) is 0 Å². The highest BCUT2D eigenvalue weighted by molar-refractivity contribution is 8.00. The summed E-state index contributed by atoms with van der Waals surface area (Å²) >= 11 is 9.03. The molecule has 0 saturated carbocycles. The zero-order valence-electron chi connectivity index (χ0n) is 3.81. The number of nitrogens with one attached hydrogen (secondary N) is 1. The Morgan fingerprint density at radius 1 is 2.00 bits per heavy atom. The summed E-state index contributed by atoms with van der Waals surface area (Å²) in [6.07, 6.45) is 1.71. The Morgan fingerprint density at radius 2 is 2.57 bits per heavy atom. The van der Waals surface area contributed by atoms with E-state index in [0.29, 0.717) is 10.9 Å². The molecule has 3 heteroatoms.